The fourth-order valence-corrected chi connectivity index (χ4v) is 5.09. The lowest BCUT2D eigenvalue weighted by molar-refractivity contribution is -0.384. The van der Waals surface area contributed by atoms with E-state index in [0.29, 0.717) is 48.2 Å². The van der Waals surface area contributed by atoms with Crippen LogP contribution in [-0.4, -0.2) is 67.8 Å². The average Bonchev–Trinajstić information content (AvgIpc) is 2.91. The number of non-ortho nitro benzene ring substituents is 1. The van der Waals surface area contributed by atoms with Gasteiger partial charge in [0.25, 0.3) is 5.69 Å². The number of hydrogen-bond acceptors (Lipinski definition) is 10. The molecule has 0 radical (unpaired) electrons. The fourth-order valence-electron chi connectivity index (χ4n) is 5.09. The van der Waals surface area contributed by atoms with Crippen molar-refractivity contribution in [3.63, 3.8) is 0 Å². The van der Waals surface area contributed by atoms with E-state index in [-0.39, 0.29) is 35.3 Å². The van der Waals surface area contributed by atoms with Crippen LogP contribution < -0.4 is 14.8 Å². The zero-order valence-corrected chi connectivity index (χ0v) is 24.4. The van der Waals surface area contributed by atoms with Gasteiger partial charge in [-0.2, -0.15) is 0 Å². The molecule has 2 aromatic carbocycles. The number of methoxy groups -OCH3 is 1. The third kappa shape index (κ3) is 7.17. The highest BCUT2D eigenvalue weighted by Gasteiger charge is 2.39. The second-order valence-electron chi connectivity index (χ2n) is 9.91. The molecule has 41 heavy (non-hydrogen) atoms. The van der Waals surface area contributed by atoms with Gasteiger partial charge in [0.05, 0.1) is 29.1 Å². The number of nitro benzene ring substituents is 1. The molecule has 12 heteroatoms. The third-order valence-electron chi connectivity index (χ3n) is 6.76. The molecule has 0 saturated carbocycles. The van der Waals surface area contributed by atoms with Crippen molar-refractivity contribution in [2.45, 2.75) is 38.9 Å². The standard InChI is InChI=1S/C29H33N3O8.ClH/c1-17(14-31(4)15-22-16-38-23-11-6-7-12-24(23)40-22)39-29(34)26-19(3)30-18(2)25(28(33)37-5)27(26)20-9-8-10-21(13-20)32(35)36;/h6-13,17,22,27,30H,14-16H2,1-5H3;1H. The second-order valence-corrected chi connectivity index (χ2v) is 9.91. The van der Waals surface area contributed by atoms with Crippen molar-refractivity contribution >= 4 is 30.0 Å². The van der Waals surface area contributed by atoms with Crippen molar-refractivity contribution in [1.29, 1.82) is 0 Å². The van der Waals surface area contributed by atoms with E-state index in [1.54, 1.807) is 26.8 Å². The summed E-state index contributed by atoms with van der Waals surface area (Å²) < 4.78 is 22.7. The van der Waals surface area contributed by atoms with Gasteiger partial charge in [-0.05, 0) is 45.5 Å². The molecule has 2 heterocycles. The number of para-hydroxylation sites is 2. The Labute approximate surface area is 244 Å². The van der Waals surface area contributed by atoms with Crippen LogP contribution in [0.5, 0.6) is 11.5 Å². The number of fused-ring (bicyclic) bond motifs is 1. The van der Waals surface area contributed by atoms with Crippen LogP contribution in [0.2, 0.25) is 0 Å². The maximum Gasteiger partial charge on any atom is 0.337 e. The summed E-state index contributed by atoms with van der Waals surface area (Å²) in [6.07, 6.45) is -0.710. The molecule has 4 rings (SSSR count). The van der Waals surface area contributed by atoms with E-state index < -0.39 is 28.9 Å². The van der Waals surface area contributed by atoms with Crippen LogP contribution in [0.1, 0.15) is 32.3 Å². The summed E-state index contributed by atoms with van der Waals surface area (Å²) in [4.78, 5) is 39.4. The first-order valence-electron chi connectivity index (χ1n) is 12.9. The first-order chi connectivity index (χ1) is 19.1. The predicted molar refractivity (Wildman–Crippen MR) is 153 cm³/mol. The van der Waals surface area contributed by atoms with Crippen molar-refractivity contribution in [3.8, 4) is 11.5 Å². The molecule has 0 amide bonds. The van der Waals surface area contributed by atoms with Crippen LogP contribution >= 0.6 is 12.4 Å². The first kappa shape index (κ1) is 31.4. The van der Waals surface area contributed by atoms with Gasteiger partial charge in [-0.15, -0.1) is 12.4 Å². The molecule has 2 aliphatic rings. The van der Waals surface area contributed by atoms with Gasteiger partial charge in [0.1, 0.15) is 18.8 Å². The Balaban J connectivity index is 0.00000462. The molecule has 3 unspecified atom stereocenters. The zero-order valence-electron chi connectivity index (χ0n) is 23.5. The van der Waals surface area contributed by atoms with Crippen LogP contribution in [0.15, 0.2) is 71.1 Å². The lowest BCUT2D eigenvalue weighted by Gasteiger charge is -2.32. The molecule has 0 aromatic heterocycles. The molecule has 0 bridgehead atoms. The summed E-state index contributed by atoms with van der Waals surface area (Å²) in [6.45, 7) is 6.53. The third-order valence-corrected chi connectivity index (χ3v) is 6.76. The number of hydrogen-bond donors (Lipinski definition) is 1. The van der Waals surface area contributed by atoms with Gasteiger partial charge >= 0.3 is 11.9 Å². The Morgan fingerprint density at radius 2 is 1.76 bits per heavy atom. The van der Waals surface area contributed by atoms with Gasteiger partial charge in [0, 0.05) is 36.6 Å². The van der Waals surface area contributed by atoms with E-state index in [1.807, 2.05) is 36.2 Å². The molecular formula is C29H34ClN3O8. The van der Waals surface area contributed by atoms with Crippen LogP contribution in [0, 0.1) is 10.1 Å². The Morgan fingerprint density at radius 3 is 2.41 bits per heavy atom. The van der Waals surface area contributed by atoms with Gasteiger partial charge < -0.3 is 24.3 Å². The van der Waals surface area contributed by atoms with E-state index >= 15 is 0 Å². The number of nitrogens with zero attached hydrogens (tertiary/aromatic N) is 2. The van der Waals surface area contributed by atoms with Crippen LogP contribution in [0.4, 0.5) is 5.69 Å². The number of carbonyl (C=O) groups excluding carboxylic acids is 2. The van der Waals surface area contributed by atoms with E-state index in [2.05, 4.69) is 5.32 Å². The predicted octanol–water partition coefficient (Wildman–Crippen LogP) is 4.13. The summed E-state index contributed by atoms with van der Waals surface area (Å²) in [7, 11) is 3.14. The molecule has 2 aromatic rings. The lowest BCUT2D eigenvalue weighted by atomic mass is 9.80. The van der Waals surface area contributed by atoms with Crippen LogP contribution in [0.3, 0.4) is 0 Å². The molecule has 220 valence electrons. The van der Waals surface area contributed by atoms with Crippen molar-refractivity contribution in [2.24, 2.45) is 0 Å². The number of esters is 2. The number of rotatable bonds is 9. The quantitative estimate of drug-likeness (QED) is 0.260. The molecule has 3 atom stereocenters. The van der Waals surface area contributed by atoms with E-state index in [9.17, 15) is 19.7 Å². The summed E-state index contributed by atoms with van der Waals surface area (Å²) in [5.41, 5.74) is 1.58. The molecule has 0 saturated heterocycles. The number of nitrogens with one attached hydrogen (secondary N) is 1. The van der Waals surface area contributed by atoms with E-state index in [0.717, 1.165) is 0 Å². The molecule has 0 aliphatic carbocycles. The minimum Gasteiger partial charge on any atom is -0.486 e. The number of nitro groups is 1. The lowest BCUT2D eigenvalue weighted by Crippen LogP contribution is -2.42. The van der Waals surface area contributed by atoms with Gasteiger partial charge in [0.15, 0.2) is 11.5 Å². The highest BCUT2D eigenvalue weighted by Crippen LogP contribution is 2.40. The number of allylic oxidation sites excluding steroid dienone is 2. The molecule has 0 fully saturated rings. The topological polar surface area (TPSA) is 129 Å². The van der Waals surface area contributed by atoms with Crippen molar-refractivity contribution in [3.05, 3.63) is 86.7 Å². The molecular weight excluding hydrogens is 554 g/mol. The number of benzene rings is 2. The maximum absolute atomic E-state index is 13.6. The normalized spacial score (nSPS) is 18.7. The van der Waals surface area contributed by atoms with Crippen molar-refractivity contribution < 1.29 is 33.5 Å². The van der Waals surface area contributed by atoms with Gasteiger partial charge in [-0.1, -0.05) is 24.3 Å². The summed E-state index contributed by atoms with van der Waals surface area (Å²) in [5, 5.41) is 14.5. The van der Waals surface area contributed by atoms with Gasteiger partial charge in [0.2, 0.25) is 0 Å². The highest BCUT2D eigenvalue weighted by atomic mass is 35.5. The van der Waals surface area contributed by atoms with Gasteiger partial charge in [-0.3, -0.25) is 15.0 Å². The Hall–Kier alpha value is -4.09. The minimum atomic E-state index is -0.918. The average molecular weight is 588 g/mol. The molecule has 1 N–H and O–H groups in total. The second kappa shape index (κ2) is 13.5. The smallest absolute Gasteiger partial charge is 0.337 e. The highest BCUT2D eigenvalue weighted by molar-refractivity contribution is 6.00. The van der Waals surface area contributed by atoms with Crippen LogP contribution in [-0.2, 0) is 19.1 Å². The van der Waals surface area contributed by atoms with Crippen molar-refractivity contribution in [2.75, 3.05) is 33.9 Å². The Kier molecular flexibility index (Phi) is 10.4. The molecule has 11 nitrogen and oxygen atoms in total. The molecule has 0 spiro atoms. The zero-order chi connectivity index (χ0) is 29.0. The monoisotopic (exact) mass is 587 g/mol. The number of halogens is 1. The number of carbonyl (C=O) groups is 2. The Morgan fingerprint density at radius 1 is 1.10 bits per heavy atom. The largest absolute Gasteiger partial charge is 0.486 e. The van der Waals surface area contributed by atoms with Crippen molar-refractivity contribution in [1.82, 2.24) is 10.2 Å². The fraction of sp³-hybridized carbons (Fsp3) is 0.379. The van der Waals surface area contributed by atoms with Crippen LogP contribution in [0.25, 0.3) is 0 Å². The first-order valence-corrected chi connectivity index (χ1v) is 12.9. The number of dihydropyridines is 1. The maximum atomic E-state index is 13.6. The van der Waals surface area contributed by atoms with E-state index in [1.165, 1.54) is 25.3 Å². The molecule has 2 aliphatic heterocycles. The Bertz CT molecular complexity index is 1380. The summed E-state index contributed by atoms with van der Waals surface area (Å²) >= 11 is 0. The number of ether oxygens (including phenoxy) is 4. The SMILES string of the molecule is COC(=O)C1=C(C)NC(C)=C(C(=O)OC(C)CN(C)CC2COc3ccccc3O2)C1c1cccc([N+](=O)[O-])c1.Cl. The summed E-state index contributed by atoms with van der Waals surface area (Å²) in [5.74, 6) is -0.803. The minimum absolute atomic E-state index is 0. The van der Waals surface area contributed by atoms with E-state index in [4.69, 9.17) is 18.9 Å². The number of likely N-dealkylation sites (N-methyl/N-ethyl adjacent to an activating group) is 1. The summed E-state index contributed by atoms with van der Waals surface area (Å²) in [6, 6.07) is 13.4. The van der Waals surface area contributed by atoms with Gasteiger partial charge in [-0.25, -0.2) is 9.59 Å².